The molecule has 0 amide bonds. The second kappa shape index (κ2) is 5.59. The van der Waals surface area contributed by atoms with E-state index in [9.17, 15) is 0 Å². The molecule has 0 radical (unpaired) electrons. The molecule has 6 heteroatoms. The molecule has 0 unspecified atom stereocenters. The van der Waals surface area contributed by atoms with Gasteiger partial charge in [0, 0.05) is 6.07 Å². The Hall–Kier alpha value is -2.31. The maximum Gasteiger partial charge on any atom is 0.488 e. The molecule has 3 N–H and O–H groups in total. The predicted octanol–water partition coefficient (Wildman–Crippen LogP) is 0.192. The van der Waals surface area contributed by atoms with Gasteiger partial charge >= 0.3 is 7.12 Å². The third kappa shape index (κ3) is 2.77. The minimum absolute atomic E-state index is 0.493. The summed E-state index contributed by atoms with van der Waals surface area (Å²) in [6.07, 6.45) is 1.92. The van der Waals surface area contributed by atoms with Crippen molar-refractivity contribution >= 4 is 23.6 Å². The number of methoxy groups -OCH3 is 1. The molecule has 0 atom stereocenters. The number of ether oxygens (including phenoxy) is 1. The van der Waals surface area contributed by atoms with Gasteiger partial charge in [-0.2, -0.15) is 0 Å². The van der Waals surface area contributed by atoms with Crippen LogP contribution in [0.3, 0.4) is 0 Å². The van der Waals surface area contributed by atoms with Gasteiger partial charge in [0.15, 0.2) is 11.0 Å². The zero-order valence-corrected chi connectivity index (χ0v) is 11.7. The Bertz CT molecular complexity index is 753. The fourth-order valence-corrected chi connectivity index (χ4v) is 2.35. The molecule has 0 aliphatic rings. The Morgan fingerprint density at radius 2 is 1.90 bits per heavy atom. The largest absolute Gasteiger partial charge is 0.497 e. The van der Waals surface area contributed by atoms with Gasteiger partial charge in [-0.3, -0.25) is 0 Å². The van der Waals surface area contributed by atoms with Gasteiger partial charge in [0.2, 0.25) is 6.33 Å². The number of benzene rings is 2. The highest BCUT2D eigenvalue weighted by molar-refractivity contribution is 6.58. The lowest BCUT2D eigenvalue weighted by molar-refractivity contribution is -0.662. The summed E-state index contributed by atoms with van der Waals surface area (Å²) in [7, 11) is 0.224. The van der Waals surface area contributed by atoms with E-state index in [2.05, 4.69) is 9.55 Å². The van der Waals surface area contributed by atoms with E-state index in [4.69, 9.17) is 14.8 Å². The molecule has 2 aromatic carbocycles. The molecule has 0 fully saturated rings. The zero-order valence-electron chi connectivity index (χ0n) is 11.7. The van der Waals surface area contributed by atoms with Gasteiger partial charge in [0.1, 0.15) is 12.3 Å². The molecule has 0 spiro atoms. The Morgan fingerprint density at radius 1 is 1.14 bits per heavy atom. The van der Waals surface area contributed by atoms with E-state index in [1.54, 1.807) is 19.2 Å². The van der Waals surface area contributed by atoms with E-state index in [1.165, 1.54) is 0 Å². The molecule has 1 heterocycles. The number of hydrogen-bond acceptors (Lipinski definition) is 3. The van der Waals surface area contributed by atoms with Crippen molar-refractivity contribution < 1.29 is 19.4 Å². The number of fused-ring (bicyclic) bond motifs is 1. The Morgan fingerprint density at radius 3 is 2.57 bits per heavy atom. The van der Waals surface area contributed by atoms with Crippen LogP contribution in [0.5, 0.6) is 5.75 Å². The number of imidazole rings is 1. The van der Waals surface area contributed by atoms with Crippen LogP contribution in [-0.2, 0) is 6.54 Å². The van der Waals surface area contributed by atoms with E-state index >= 15 is 0 Å². The van der Waals surface area contributed by atoms with Crippen molar-refractivity contribution in [1.29, 1.82) is 0 Å². The van der Waals surface area contributed by atoms with Gasteiger partial charge in [0.05, 0.1) is 7.11 Å². The maximum atomic E-state index is 9.10. The Kier molecular flexibility index (Phi) is 3.64. The number of hydrogen-bond donors (Lipinski definition) is 3. The summed E-state index contributed by atoms with van der Waals surface area (Å²) in [5.41, 5.74) is 3.67. The van der Waals surface area contributed by atoms with E-state index in [-0.39, 0.29) is 0 Å². The lowest BCUT2D eigenvalue weighted by atomic mass is 9.80. The molecule has 0 aliphatic heterocycles. The summed E-state index contributed by atoms with van der Waals surface area (Å²) < 4.78 is 7.31. The standard InChI is InChI=1S/C15H15BN2O3/c1-21-13-6-7-15-14(8-13)17-10-18(15)9-11-2-4-12(5-3-11)16(19)20/h2-8,10,19-20H,9H2,1H3/p+1. The van der Waals surface area contributed by atoms with Crippen LogP contribution in [0, 0.1) is 0 Å². The summed E-state index contributed by atoms with van der Waals surface area (Å²) in [6.45, 7) is 0.703. The molecular weight excluding hydrogens is 267 g/mol. The van der Waals surface area contributed by atoms with Crippen molar-refractivity contribution in [2.75, 3.05) is 7.11 Å². The fraction of sp³-hybridized carbons (Fsp3) is 0.133. The quantitative estimate of drug-likeness (QED) is 0.473. The number of rotatable bonds is 4. The van der Waals surface area contributed by atoms with Crippen molar-refractivity contribution in [2.45, 2.75) is 6.54 Å². The SMILES string of the molecule is COc1ccc2c(c1)[nH]c[n+]2Cc1ccc(B(O)O)cc1. The van der Waals surface area contributed by atoms with Crippen LogP contribution in [0.15, 0.2) is 48.8 Å². The average Bonchev–Trinajstić information content (AvgIpc) is 2.90. The van der Waals surface area contributed by atoms with E-state index in [1.807, 2.05) is 36.7 Å². The molecule has 0 bridgehead atoms. The molecule has 3 rings (SSSR count). The highest BCUT2D eigenvalue weighted by Crippen LogP contribution is 2.16. The molecule has 0 saturated heterocycles. The van der Waals surface area contributed by atoms with Crippen LogP contribution in [0.2, 0.25) is 0 Å². The lowest BCUT2D eigenvalue weighted by Gasteiger charge is -2.02. The van der Waals surface area contributed by atoms with Crippen molar-refractivity contribution in [3.8, 4) is 5.75 Å². The fourth-order valence-electron chi connectivity index (χ4n) is 2.35. The topological polar surface area (TPSA) is 69.4 Å². The number of H-pyrrole nitrogens is 1. The minimum Gasteiger partial charge on any atom is -0.497 e. The molecule has 0 aliphatic carbocycles. The van der Waals surface area contributed by atoms with Crippen LogP contribution in [0.25, 0.3) is 11.0 Å². The zero-order chi connectivity index (χ0) is 14.8. The third-order valence-corrected chi connectivity index (χ3v) is 3.52. The highest BCUT2D eigenvalue weighted by Gasteiger charge is 2.13. The molecule has 0 saturated carbocycles. The molecule has 1 aromatic heterocycles. The van der Waals surface area contributed by atoms with Gasteiger partial charge in [-0.15, -0.1) is 0 Å². The summed E-state index contributed by atoms with van der Waals surface area (Å²) in [5.74, 6) is 0.817. The van der Waals surface area contributed by atoms with Crippen LogP contribution in [-0.4, -0.2) is 29.3 Å². The average molecular weight is 283 g/mol. The number of aromatic amines is 1. The second-order valence-electron chi connectivity index (χ2n) is 4.90. The maximum absolute atomic E-state index is 9.10. The highest BCUT2D eigenvalue weighted by atomic mass is 16.5. The first-order valence-corrected chi connectivity index (χ1v) is 6.67. The number of nitrogens with one attached hydrogen (secondary N) is 1. The summed E-state index contributed by atoms with van der Waals surface area (Å²) in [6, 6.07) is 13.1. The molecular formula is C15H16BN2O3+. The normalized spacial score (nSPS) is 10.8. The van der Waals surface area contributed by atoms with Crippen LogP contribution in [0.4, 0.5) is 0 Å². The van der Waals surface area contributed by atoms with E-state index in [0.717, 1.165) is 22.3 Å². The summed E-state index contributed by atoms with van der Waals surface area (Å²) in [4.78, 5) is 3.22. The number of aromatic nitrogens is 2. The molecule has 3 aromatic rings. The Labute approximate surface area is 122 Å². The minimum atomic E-state index is -1.42. The van der Waals surface area contributed by atoms with Crippen molar-refractivity contribution in [1.82, 2.24) is 4.98 Å². The first-order valence-electron chi connectivity index (χ1n) is 6.67. The van der Waals surface area contributed by atoms with Gasteiger partial charge in [-0.1, -0.05) is 24.3 Å². The first kappa shape index (κ1) is 13.7. The molecule has 21 heavy (non-hydrogen) atoms. The van der Waals surface area contributed by atoms with Crippen molar-refractivity contribution in [3.05, 3.63) is 54.4 Å². The van der Waals surface area contributed by atoms with Crippen LogP contribution < -0.4 is 14.8 Å². The van der Waals surface area contributed by atoms with E-state index in [0.29, 0.717) is 12.0 Å². The second-order valence-corrected chi connectivity index (χ2v) is 4.90. The van der Waals surface area contributed by atoms with E-state index < -0.39 is 7.12 Å². The van der Waals surface area contributed by atoms with Gasteiger partial charge in [-0.05, 0) is 23.2 Å². The smallest absolute Gasteiger partial charge is 0.488 e. The number of nitrogens with zero attached hydrogens (tertiary/aromatic N) is 1. The molecule has 5 nitrogen and oxygen atoms in total. The monoisotopic (exact) mass is 283 g/mol. The van der Waals surface area contributed by atoms with Gasteiger partial charge < -0.3 is 14.8 Å². The predicted molar refractivity (Wildman–Crippen MR) is 80.4 cm³/mol. The third-order valence-electron chi connectivity index (χ3n) is 3.52. The lowest BCUT2D eigenvalue weighted by Crippen LogP contribution is -2.33. The Balaban J connectivity index is 1.87. The van der Waals surface area contributed by atoms with Gasteiger partial charge in [-0.25, -0.2) is 9.55 Å². The first-order chi connectivity index (χ1) is 10.2. The molecule has 106 valence electrons. The van der Waals surface area contributed by atoms with Gasteiger partial charge in [0.25, 0.3) is 0 Å². The van der Waals surface area contributed by atoms with Crippen molar-refractivity contribution in [3.63, 3.8) is 0 Å². The van der Waals surface area contributed by atoms with Crippen LogP contribution in [0.1, 0.15) is 5.56 Å². The summed E-state index contributed by atoms with van der Waals surface area (Å²) >= 11 is 0. The summed E-state index contributed by atoms with van der Waals surface area (Å²) in [5, 5.41) is 18.2. The van der Waals surface area contributed by atoms with Crippen molar-refractivity contribution in [2.24, 2.45) is 0 Å². The van der Waals surface area contributed by atoms with Crippen LogP contribution >= 0.6 is 0 Å².